The van der Waals surface area contributed by atoms with Crippen molar-refractivity contribution in [1.29, 1.82) is 0 Å². The Morgan fingerprint density at radius 1 is 1.76 bits per heavy atom. The highest BCUT2D eigenvalue weighted by Gasteiger charge is 2.50. The first-order valence-corrected chi connectivity index (χ1v) is 6.32. The lowest BCUT2D eigenvalue weighted by atomic mass is 10.1. The molecule has 1 aromatic rings. The van der Waals surface area contributed by atoms with E-state index in [-0.39, 0.29) is 12.4 Å². The monoisotopic (exact) mass is 354 g/mol. The molecule has 8 nitrogen and oxygen atoms in total. The quantitative estimate of drug-likeness (QED) is 0.436. The first kappa shape index (κ1) is 12.7. The Hall–Kier alpha value is -0.780. The molecular weight excluding hydrogens is 343 g/mol. The van der Waals surface area contributed by atoms with Crippen molar-refractivity contribution in [2.24, 2.45) is 5.73 Å². The largest absolute Gasteiger partial charge is 0.388 e. The van der Waals surface area contributed by atoms with Gasteiger partial charge in [-0.15, -0.1) is 5.10 Å². The van der Waals surface area contributed by atoms with Gasteiger partial charge in [0.2, 0.25) is 5.82 Å². The normalized spacial score (nSPS) is 32.9. The third-order valence-corrected chi connectivity index (χ3v) is 3.72. The Morgan fingerprint density at radius 2 is 2.47 bits per heavy atom. The number of carbonyl (C=O) groups excluding carboxylic acids is 1. The molecule has 1 amide bonds. The van der Waals surface area contributed by atoms with E-state index in [0.717, 1.165) is 0 Å². The third kappa shape index (κ3) is 1.92. The van der Waals surface area contributed by atoms with Crippen LogP contribution in [-0.4, -0.2) is 54.1 Å². The highest BCUT2D eigenvalue weighted by molar-refractivity contribution is 14.1. The van der Waals surface area contributed by atoms with Crippen molar-refractivity contribution < 1.29 is 19.7 Å². The maximum absolute atomic E-state index is 10.9. The molecule has 0 aliphatic carbocycles. The average molecular weight is 354 g/mol. The van der Waals surface area contributed by atoms with Gasteiger partial charge in [-0.2, -0.15) is 0 Å². The molecule has 4 N–H and O–H groups in total. The third-order valence-electron chi connectivity index (χ3n) is 2.62. The summed E-state index contributed by atoms with van der Waals surface area (Å²) in [5.74, 6) is -0.924. The van der Waals surface area contributed by atoms with Crippen LogP contribution in [0.5, 0.6) is 0 Å². The molecule has 3 atom stereocenters. The zero-order chi connectivity index (χ0) is 12.6. The van der Waals surface area contributed by atoms with E-state index in [4.69, 9.17) is 10.5 Å². The first-order chi connectivity index (χ1) is 8.01. The van der Waals surface area contributed by atoms with Crippen molar-refractivity contribution in [3.05, 3.63) is 12.2 Å². The number of carbonyl (C=O) groups is 1. The van der Waals surface area contributed by atoms with E-state index in [2.05, 4.69) is 10.1 Å². The maximum Gasteiger partial charge on any atom is 0.288 e. The van der Waals surface area contributed by atoms with Crippen LogP contribution in [0.2, 0.25) is 0 Å². The van der Waals surface area contributed by atoms with Crippen LogP contribution >= 0.6 is 22.6 Å². The van der Waals surface area contributed by atoms with Crippen LogP contribution in [0.1, 0.15) is 10.6 Å². The standard InChI is InChI=1S/C8H11IN4O4/c9-2-8(5(15)4(14)1-17-8)13-3-11-7(12-13)6(10)16/h3-5,14-15H,1-2H2,(H2,10,16)/t4-,5-,8-/m0/s1. The highest BCUT2D eigenvalue weighted by Crippen LogP contribution is 2.32. The molecule has 1 aliphatic rings. The van der Waals surface area contributed by atoms with Crippen molar-refractivity contribution in [3.63, 3.8) is 0 Å². The van der Waals surface area contributed by atoms with E-state index in [9.17, 15) is 15.0 Å². The van der Waals surface area contributed by atoms with Gasteiger partial charge < -0.3 is 20.7 Å². The van der Waals surface area contributed by atoms with E-state index in [1.165, 1.54) is 11.0 Å². The van der Waals surface area contributed by atoms with Crippen LogP contribution in [0.15, 0.2) is 6.33 Å². The summed E-state index contributed by atoms with van der Waals surface area (Å²) >= 11 is 2.00. The molecule has 94 valence electrons. The van der Waals surface area contributed by atoms with E-state index in [0.29, 0.717) is 4.43 Å². The van der Waals surface area contributed by atoms with Crippen LogP contribution in [0, 0.1) is 0 Å². The molecule has 0 unspecified atom stereocenters. The Balaban J connectivity index is 2.38. The summed E-state index contributed by atoms with van der Waals surface area (Å²) in [6.45, 7) is -0.00403. The van der Waals surface area contributed by atoms with Crippen LogP contribution in [-0.2, 0) is 10.5 Å². The number of aromatic nitrogens is 3. The summed E-state index contributed by atoms with van der Waals surface area (Å²) in [6, 6.07) is 0. The second-order valence-corrected chi connectivity index (χ2v) is 4.44. The smallest absolute Gasteiger partial charge is 0.288 e. The van der Waals surface area contributed by atoms with E-state index >= 15 is 0 Å². The fourth-order valence-electron chi connectivity index (χ4n) is 1.65. The molecule has 1 saturated heterocycles. The van der Waals surface area contributed by atoms with Gasteiger partial charge in [0, 0.05) is 0 Å². The lowest BCUT2D eigenvalue weighted by Crippen LogP contribution is -2.47. The molecule has 0 saturated carbocycles. The van der Waals surface area contributed by atoms with Crippen LogP contribution in [0.4, 0.5) is 0 Å². The van der Waals surface area contributed by atoms with Crippen LogP contribution < -0.4 is 5.73 Å². The Morgan fingerprint density at radius 3 is 2.88 bits per heavy atom. The molecule has 1 aliphatic heterocycles. The van der Waals surface area contributed by atoms with Crippen molar-refractivity contribution >= 4 is 28.5 Å². The van der Waals surface area contributed by atoms with Gasteiger partial charge in [-0.05, 0) is 0 Å². The van der Waals surface area contributed by atoms with E-state index < -0.39 is 23.8 Å². The van der Waals surface area contributed by atoms with E-state index in [1.807, 2.05) is 22.6 Å². The Kier molecular flexibility index (Phi) is 3.34. The van der Waals surface area contributed by atoms with Crippen LogP contribution in [0.3, 0.4) is 0 Å². The maximum atomic E-state index is 10.9. The summed E-state index contributed by atoms with van der Waals surface area (Å²) in [5.41, 5.74) is 3.83. The number of ether oxygens (including phenoxy) is 1. The van der Waals surface area contributed by atoms with Crippen LogP contribution in [0.25, 0.3) is 0 Å². The number of hydrogen-bond donors (Lipinski definition) is 3. The lowest BCUT2D eigenvalue weighted by Gasteiger charge is -2.29. The predicted octanol–water partition coefficient (Wildman–Crippen LogP) is -1.78. The summed E-state index contributed by atoms with van der Waals surface area (Å²) in [5, 5.41) is 23.3. The SMILES string of the molecule is NC(=O)c1ncn([C@@]2(CI)OC[C@H](O)[C@@H]2O)n1. The second kappa shape index (κ2) is 4.48. The van der Waals surface area contributed by atoms with Crippen molar-refractivity contribution in [1.82, 2.24) is 14.8 Å². The minimum absolute atomic E-state index is 0.00403. The minimum atomic E-state index is -1.21. The number of halogens is 1. The number of hydrogen-bond acceptors (Lipinski definition) is 6. The molecule has 0 spiro atoms. The van der Waals surface area contributed by atoms with Crippen molar-refractivity contribution in [2.75, 3.05) is 11.0 Å². The summed E-state index contributed by atoms with van der Waals surface area (Å²) in [4.78, 5) is 14.6. The number of nitrogens with zero attached hydrogens (tertiary/aromatic N) is 3. The molecule has 0 aromatic carbocycles. The molecule has 1 aromatic heterocycles. The van der Waals surface area contributed by atoms with Gasteiger partial charge in [0.05, 0.1) is 11.0 Å². The summed E-state index contributed by atoms with van der Waals surface area (Å²) in [6.07, 6.45) is -0.882. The molecule has 17 heavy (non-hydrogen) atoms. The van der Waals surface area contributed by atoms with Crippen molar-refractivity contribution in [2.45, 2.75) is 17.9 Å². The number of aliphatic hydroxyl groups is 2. The molecule has 2 heterocycles. The van der Waals surface area contributed by atoms with Gasteiger partial charge in [0.1, 0.15) is 18.5 Å². The van der Waals surface area contributed by atoms with Gasteiger partial charge in [-0.1, -0.05) is 22.6 Å². The number of aliphatic hydroxyl groups excluding tert-OH is 2. The zero-order valence-corrected chi connectivity index (χ0v) is 10.8. The molecule has 2 rings (SSSR count). The van der Waals surface area contributed by atoms with E-state index in [1.54, 1.807) is 0 Å². The molecular formula is C8H11IN4O4. The summed E-state index contributed by atoms with van der Waals surface area (Å²) < 4.78 is 6.95. The first-order valence-electron chi connectivity index (χ1n) is 4.79. The van der Waals surface area contributed by atoms with Crippen molar-refractivity contribution in [3.8, 4) is 0 Å². The Bertz CT molecular complexity index is 439. The molecule has 1 fully saturated rings. The summed E-state index contributed by atoms with van der Waals surface area (Å²) in [7, 11) is 0. The number of rotatable bonds is 3. The van der Waals surface area contributed by atoms with Gasteiger partial charge >= 0.3 is 0 Å². The van der Waals surface area contributed by atoms with Gasteiger partial charge in [0.15, 0.2) is 5.72 Å². The minimum Gasteiger partial charge on any atom is -0.388 e. The molecule has 9 heteroatoms. The van der Waals surface area contributed by atoms with Gasteiger partial charge in [0.25, 0.3) is 5.91 Å². The second-order valence-electron chi connectivity index (χ2n) is 3.68. The molecule has 0 bridgehead atoms. The number of primary amides is 1. The average Bonchev–Trinajstić information content (AvgIpc) is 2.88. The predicted molar refractivity (Wildman–Crippen MR) is 63.4 cm³/mol. The topological polar surface area (TPSA) is 123 Å². The van der Waals surface area contributed by atoms with Gasteiger partial charge in [-0.25, -0.2) is 9.67 Å². The number of amides is 1. The number of nitrogens with two attached hydrogens (primary N) is 1. The van der Waals surface area contributed by atoms with Gasteiger partial charge in [-0.3, -0.25) is 4.79 Å². The lowest BCUT2D eigenvalue weighted by molar-refractivity contribution is -0.111. The molecule has 0 radical (unpaired) electrons. The fourth-order valence-corrected chi connectivity index (χ4v) is 2.67. The fraction of sp³-hybridized carbons (Fsp3) is 0.625. The number of alkyl halides is 1. The highest BCUT2D eigenvalue weighted by atomic mass is 127. The zero-order valence-electron chi connectivity index (χ0n) is 8.65. The Labute approximate surface area is 110 Å².